The van der Waals surface area contributed by atoms with Gasteiger partial charge in [0.05, 0.1) is 10.6 Å². The standard InChI is InChI=1S/C20H20FN3O5S/c1-13-2-3-14(10-16(13)21)20(26)23-6-8-24(9-7-23)30(27,28)15-4-5-18-17(11-15)22-19(25)12-29-18/h2-5,10-11H,6-9,12H2,1H3,(H,22,25). The van der Waals surface area contributed by atoms with Crippen molar-refractivity contribution in [2.24, 2.45) is 0 Å². The predicted octanol–water partition coefficient (Wildman–Crippen LogP) is 1.61. The number of hydrogen-bond donors (Lipinski definition) is 1. The Morgan fingerprint density at radius 3 is 2.53 bits per heavy atom. The summed E-state index contributed by atoms with van der Waals surface area (Å²) in [6.45, 7) is 2.12. The maximum absolute atomic E-state index is 13.8. The maximum atomic E-state index is 13.8. The van der Waals surface area contributed by atoms with Crippen molar-refractivity contribution in [2.45, 2.75) is 11.8 Å². The highest BCUT2D eigenvalue weighted by Gasteiger charge is 2.31. The zero-order valence-corrected chi connectivity index (χ0v) is 17.0. The summed E-state index contributed by atoms with van der Waals surface area (Å²) in [5, 5.41) is 2.59. The fourth-order valence-electron chi connectivity index (χ4n) is 3.41. The summed E-state index contributed by atoms with van der Waals surface area (Å²) in [6, 6.07) is 8.61. The van der Waals surface area contributed by atoms with Gasteiger partial charge in [0, 0.05) is 31.7 Å². The van der Waals surface area contributed by atoms with Crippen LogP contribution in [-0.2, 0) is 14.8 Å². The molecule has 0 aromatic heterocycles. The zero-order chi connectivity index (χ0) is 21.5. The van der Waals surface area contributed by atoms with E-state index in [4.69, 9.17) is 4.74 Å². The normalized spacial score (nSPS) is 17.1. The van der Waals surface area contributed by atoms with Gasteiger partial charge < -0.3 is 15.0 Å². The molecule has 0 aliphatic carbocycles. The molecule has 30 heavy (non-hydrogen) atoms. The predicted molar refractivity (Wildman–Crippen MR) is 106 cm³/mol. The van der Waals surface area contributed by atoms with E-state index < -0.39 is 15.8 Å². The monoisotopic (exact) mass is 433 g/mol. The molecular weight excluding hydrogens is 413 g/mol. The summed E-state index contributed by atoms with van der Waals surface area (Å²) < 4.78 is 46.3. The van der Waals surface area contributed by atoms with Crippen molar-refractivity contribution < 1.29 is 27.1 Å². The zero-order valence-electron chi connectivity index (χ0n) is 16.2. The molecule has 0 spiro atoms. The van der Waals surface area contributed by atoms with Gasteiger partial charge in [0.15, 0.2) is 6.61 Å². The molecule has 0 saturated carbocycles. The topological polar surface area (TPSA) is 96.0 Å². The van der Waals surface area contributed by atoms with E-state index in [0.717, 1.165) is 0 Å². The van der Waals surface area contributed by atoms with Gasteiger partial charge in [0.25, 0.3) is 11.8 Å². The van der Waals surface area contributed by atoms with Gasteiger partial charge in [-0.2, -0.15) is 4.31 Å². The quantitative estimate of drug-likeness (QED) is 0.794. The molecule has 2 heterocycles. The lowest BCUT2D eigenvalue weighted by atomic mass is 10.1. The molecular formula is C20H20FN3O5S. The first-order chi connectivity index (χ1) is 14.3. The number of carbonyl (C=O) groups excluding carboxylic acids is 2. The van der Waals surface area contributed by atoms with Gasteiger partial charge in [-0.25, -0.2) is 12.8 Å². The summed E-state index contributed by atoms with van der Waals surface area (Å²) in [7, 11) is -3.81. The first kappa shape index (κ1) is 20.3. The van der Waals surface area contributed by atoms with Crippen molar-refractivity contribution in [3.05, 3.63) is 53.3 Å². The van der Waals surface area contributed by atoms with E-state index in [9.17, 15) is 22.4 Å². The van der Waals surface area contributed by atoms with Crippen LogP contribution < -0.4 is 10.1 Å². The SMILES string of the molecule is Cc1ccc(C(=O)N2CCN(S(=O)(=O)c3ccc4c(c3)NC(=O)CO4)CC2)cc1F. The number of sulfonamides is 1. The molecule has 10 heteroatoms. The molecule has 4 rings (SSSR count). The molecule has 8 nitrogen and oxygen atoms in total. The highest BCUT2D eigenvalue weighted by Crippen LogP contribution is 2.31. The van der Waals surface area contributed by atoms with Crippen LogP contribution in [0.25, 0.3) is 0 Å². The lowest BCUT2D eigenvalue weighted by Gasteiger charge is -2.34. The number of anilines is 1. The Hall–Kier alpha value is -2.98. The fourth-order valence-corrected chi connectivity index (χ4v) is 4.86. The third-order valence-electron chi connectivity index (χ3n) is 5.17. The molecule has 2 aliphatic rings. The Kier molecular flexibility index (Phi) is 5.20. The summed E-state index contributed by atoms with van der Waals surface area (Å²) >= 11 is 0. The van der Waals surface area contributed by atoms with E-state index in [1.807, 2.05) is 0 Å². The number of rotatable bonds is 3. The first-order valence-corrected chi connectivity index (χ1v) is 10.8. The van der Waals surface area contributed by atoms with Crippen LogP contribution in [0.1, 0.15) is 15.9 Å². The molecule has 1 N–H and O–H groups in total. The van der Waals surface area contributed by atoms with E-state index in [1.54, 1.807) is 19.1 Å². The number of hydrogen-bond acceptors (Lipinski definition) is 5. The van der Waals surface area contributed by atoms with E-state index in [1.165, 1.54) is 33.5 Å². The number of halogens is 1. The van der Waals surface area contributed by atoms with Crippen LogP contribution in [0.2, 0.25) is 0 Å². The van der Waals surface area contributed by atoms with E-state index >= 15 is 0 Å². The van der Waals surface area contributed by atoms with Crippen LogP contribution in [0.4, 0.5) is 10.1 Å². The van der Waals surface area contributed by atoms with Crippen LogP contribution in [0, 0.1) is 12.7 Å². The summed E-state index contributed by atoms with van der Waals surface area (Å²) in [4.78, 5) is 25.7. The van der Waals surface area contributed by atoms with E-state index in [-0.39, 0.29) is 55.1 Å². The van der Waals surface area contributed by atoms with Gasteiger partial charge in [-0.3, -0.25) is 9.59 Å². The van der Waals surface area contributed by atoms with Gasteiger partial charge in [-0.15, -0.1) is 0 Å². The molecule has 158 valence electrons. The number of carbonyl (C=O) groups is 2. The average Bonchev–Trinajstić information content (AvgIpc) is 2.74. The number of nitrogens with one attached hydrogen (secondary N) is 1. The van der Waals surface area contributed by atoms with Gasteiger partial charge in [0.1, 0.15) is 11.6 Å². The largest absolute Gasteiger partial charge is 0.482 e. The second kappa shape index (κ2) is 7.69. The molecule has 2 aromatic rings. The highest BCUT2D eigenvalue weighted by atomic mass is 32.2. The maximum Gasteiger partial charge on any atom is 0.262 e. The van der Waals surface area contributed by atoms with Crippen molar-refractivity contribution in [1.29, 1.82) is 0 Å². The third kappa shape index (κ3) is 3.75. The van der Waals surface area contributed by atoms with E-state index in [0.29, 0.717) is 17.0 Å². The Morgan fingerprint density at radius 2 is 1.83 bits per heavy atom. The molecule has 1 saturated heterocycles. The Bertz CT molecular complexity index is 1130. The summed E-state index contributed by atoms with van der Waals surface area (Å²) in [6.07, 6.45) is 0. The van der Waals surface area contributed by atoms with Gasteiger partial charge in [0.2, 0.25) is 10.0 Å². The molecule has 0 bridgehead atoms. The molecule has 0 atom stereocenters. The number of piperazine rings is 1. The van der Waals surface area contributed by atoms with Crippen LogP contribution >= 0.6 is 0 Å². The van der Waals surface area contributed by atoms with Gasteiger partial charge >= 0.3 is 0 Å². The van der Waals surface area contributed by atoms with Gasteiger partial charge in [-0.05, 0) is 42.8 Å². The average molecular weight is 433 g/mol. The fraction of sp³-hybridized carbons (Fsp3) is 0.300. The highest BCUT2D eigenvalue weighted by molar-refractivity contribution is 7.89. The molecule has 1 fully saturated rings. The molecule has 0 unspecified atom stereocenters. The number of amides is 2. The first-order valence-electron chi connectivity index (χ1n) is 9.38. The molecule has 2 aliphatic heterocycles. The number of aryl methyl sites for hydroxylation is 1. The molecule has 2 aromatic carbocycles. The van der Waals surface area contributed by atoms with Crippen molar-refractivity contribution >= 4 is 27.5 Å². The van der Waals surface area contributed by atoms with Crippen molar-refractivity contribution in [3.8, 4) is 5.75 Å². The Balaban J connectivity index is 1.47. The Labute approximate surface area is 173 Å². The molecule has 0 radical (unpaired) electrons. The Morgan fingerprint density at radius 1 is 1.10 bits per heavy atom. The number of nitrogens with zero attached hydrogens (tertiary/aromatic N) is 2. The third-order valence-corrected chi connectivity index (χ3v) is 7.06. The second-order valence-corrected chi connectivity index (χ2v) is 9.09. The van der Waals surface area contributed by atoms with E-state index in [2.05, 4.69) is 5.32 Å². The van der Waals surface area contributed by atoms with Crippen LogP contribution in [0.5, 0.6) is 5.75 Å². The van der Waals surface area contributed by atoms with Gasteiger partial charge in [-0.1, -0.05) is 6.07 Å². The minimum Gasteiger partial charge on any atom is -0.482 e. The number of ether oxygens (including phenoxy) is 1. The number of benzene rings is 2. The lowest BCUT2D eigenvalue weighted by molar-refractivity contribution is -0.118. The van der Waals surface area contributed by atoms with Crippen molar-refractivity contribution in [2.75, 3.05) is 38.1 Å². The number of fused-ring (bicyclic) bond motifs is 1. The van der Waals surface area contributed by atoms with Crippen LogP contribution in [0.3, 0.4) is 0 Å². The summed E-state index contributed by atoms with van der Waals surface area (Å²) in [5.74, 6) is -0.726. The van der Waals surface area contributed by atoms with Crippen molar-refractivity contribution in [1.82, 2.24) is 9.21 Å². The van der Waals surface area contributed by atoms with Crippen molar-refractivity contribution in [3.63, 3.8) is 0 Å². The van der Waals surface area contributed by atoms with Crippen LogP contribution in [0.15, 0.2) is 41.3 Å². The minimum atomic E-state index is -3.81. The second-order valence-electron chi connectivity index (χ2n) is 7.16. The summed E-state index contributed by atoms with van der Waals surface area (Å²) in [5.41, 5.74) is 0.997. The molecule has 2 amide bonds. The minimum absolute atomic E-state index is 0.0347. The lowest BCUT2D eigenvalue weighted by Crippen LogP contribution is -2.50. The van der Waals surface area contributed by atoms with Crippen LogP contribution in [-0.4, -0.2) is 62.2 Å². The smallest absolute Gasteiger partial charge is 0.262 e.